The van der Waals surface area contributed by atoms with Gasteiger partial charge in [0.2, 0.25) is 5.82 Å². The third-order valence-corrected chi connectivity index (χ3v) is 2.65. The molecule has 0 radical (unpaired) electrons. The minimum absolute atomic E-state index is 0.0240. The zero-order chi connectivity index (χ0) is 14.7. The van der Waals surface area contributed by atoms with Crippen LogP contribution in [0, 0.1) is 10.1 Å². The maximum Gasteiger partial charge on any atom is 0.332 e. The van der Waals surface area contributed by atoms with Crippen molar-refractivity contribution in [1.82, 2.24) is 20.2 Å². The van der Waals surface area contributed by atoms with E-state index in [1.54, 1.807) is 6.92 Å². The molecule has 0 aliphatic carbocycles. The van der Waals surface area contributed by atoms with Crippen LogP contribution in [0.4, 0.5) is 5.69 Å². The highest BCUT2D eigenvalue weighted by molar-refractivity contribution is 5.73. The summed E-state index contributed by atoms with van der Waals surface area (Å²) in [7, 11) is 1.27. The van der Waals surface area contributed by atoms with Crippen LogP contribution in [-0.2, 0) is 9.53 Å². The van der Waals surface area contributed by atoms with Gasteiger partial charge in [0, 0.05) is 17.7 Å². The maximum atomic E-state index is 11.4. The normalized spacial score (nSPS) is 11.9. The van der Waals surface area contributed by atoms with Gasteiger partial charge in [0.1, 0.15) is 0 Å². The van der Waals surface area contributed by atoms with Crippen LogP contribution in [0.1, 0.15) is 13.0 Å². The third-order valence-electron chi connectivity index (χ3n) is 2.65. The number of hydrogen-bond acceptors (Lipinski definition) is 7. The number of methoxy groups -OCH3 is 1. The van der Waals surface area contributed by atoms with Crippen molar-refractivity contribution in [3.8, 4) is 11.4 Å². The minimum atomic E-state index is -0.695. The van der Waals surface area contributed by atoms with Gasteiger partial charge in [0.25, 0.3) is 5.69 Å². The summed E-state index contributed by atoms with van der Waals surface area (Å²) in [5.74, 6) is -0.215. The van der Waals surface area contributed by atoms with Crippen LogP contribution in [0.2, 0.25) is 0 Å². The Morgan fingerprint density at radius 1 is 1.40 bits per heavy atom. The molecule has 20 heavy (non-hydrogen) atoms. The third kappa shape index (κ3) is 2.60. The van der Waals surface area contributed by atoms with Crippen molar-refractivity contribution < 1.29 is 14.5 Å². The second-order valence-electron chi connectivity index (χ2n) is 3.94. The number of non-ortho nitro benzene ring substituents is 1. The Labute approximate surface area is 113 Å². The van der Waals surface area contributed by atoms with Gasteiger partial charge in [-0.25, -0.2) is 4.79 Å². The summed E-state index contributed by atoms with van der Waals surface area (Å²) in [4.78, 5) is 22.5. The molecule has 0 bridgehead atoms. The molecular formula is C11H11N5O4. The first-order valence-electron chi connectivity index (χ1n) is 5.65. The van der Waals surface area contributed by atoms with E-state index in [9.17, 15) is 14.9 Å². The summed E-state index contributed by atoms with van der Waals surface area (Å²) in [5, 5.41) is 22.2. The molecule has 0 aliphatic rings. The number of carbonyl (C=O) groups excluding carboxylic acids is 1. The quantitative estimate of drug-likeness (QED) is 0.465. The highest BCUT2D eigenvalue weighted by Crippen LogP contribution is 2.19. The lowest BCUT2D eigenvalue weighted by Crippen LogP contribution is -2.20. The van der Waals surface area contributed by atoms with Crippen LogP contribution >= 0.6 is 0 Å². The molecule has 2 rings (SSSR count). The van der Waals surface area contributed by atoms with Crippen molar-refractivity contribution in [2.45, 2.75) is 13.0 Å². The number of rotatable bonds is 4. The summed E-state index contributed by atoms with van der Waals surface area (Å²) in [6, 6.07) is 5.03. The van der Waals surface area contributed by atoms with Gasteiger partial charge in [-0.15, -0.1) is 15.0 Å². The monoisotopic (exact) mass is 277 g/mol. The number of aromatic nitrogens is 4. The molecule has 104 valence electrons. The van der Waals surface area contributed by atoms with E-state index >= 15 is 0 Å². The van der Waals surface area contributed by atoms with Crippen molar-refractivity contribution >= 4 is 11.7 Å². The van der Waals surface area contributed by atoms with Crippen LogP contribution in [0.3, 0.4) is 0 Å². The Balaban J connectivity index is 2.24. The lowest BCUT2D eigenvalue weighted by molar-refractivity contribution is -0.384. The number of benzene rings is 1. The Hall–Kier alpha value is -2.84. The SMILES string of the molecule is COC(=O)C(C)n1nnc(-c2ccc([N+](=O)[O-])cc2)n1. The minimum Gasteiger partial charge on any atom is -0.467 e. The number of hydrogen-bond donors (Lipinski definition) is 0. The topological polar surface area (TPSA) is 113 Å². The van der Waals surface area contributed by atoms with Crippen LogP contribution in [0.15, 0.2) is 24.3 Å². The first-order chi connectivity index (χ1) is 9.52. The van der Waals surface area contributed by atoms with Crippen LogP contribution < -0.4 is 0 Å². The fourth-order valence-corrected chi connectivity index (χ4v) is 1.50. The number of nitro benzene ring substituents is 1. The van der Waals surface area contributed by atoms with E-state index < -0.39 is 16.9 Å². The Morgan fingerprint density at radius 3 is 2.60 bits per heavy atom. The molecule has 1 atom stereocenters. The van der Waals surface area contributed by atoms with Crippen molar-refractivity contribution in [2.75, 3.05) is 7.11 Å². The van der Waals surface area contributed by atoms with Crippen molar-refractivity contribution in [3.05, 3.63) is 34.4 Å². The van der Waals surface area contributed by atoms with Gasteiger partial charge in [-0.3, -0.25) is 10.1 Å². The van der Waals surface area contributed by atoms with E-state index in [1.165, 1.54) is 31.4 Å². The molecule has 1 unspecified atom stereocenters. The van der Waals surface area contributed by atoms with E-state index in [4.69, 9.17) is 0 Å². The molecule has 0 saturated heterocycles. The highest BCUT2D eigenvalue weighted by atomic mass is 16.6. The maximum absolute atomic E-state index is 11.4. The summed E-state index contributed by atoms with van der Waals surface area (Å²) >= 11 is 0. The zero-order valence-electron chi connectivity index (χ0n) is 10.8. The zero-order valence-corrected chi connectivity index (χ0v) is 10.8. The Kier molecular flexibility index (Phi) is 3.69. The standard InChI is InChI=1S/C11H11N5O4/c1-7(11(17)20-2)15-13-10(12-14-15)8-3-5-9(6-4-8)16(18)19/h3-7H,1-2H3. The molecule has 1 heterocycles. The number of esters is 1. The number of tetrazole rings is 1. The lowest BCUT2D eigenvalue weighted by atomic mass is 10.2. The number of ether oxygens (including phenoxy) is 1. The van der Waals surface area contributed by atoms with E-state index in [0.717, 1.165) is 4.80 Å². The smallest absolute Gasteiger partial charge is 0.332 e. The fourth-order valence-electron chi connectivity index (χ4n) is 1.50. The predicted molar refractivity (Wildman–Crippen MR) is 66.6 cm³/mol. The summed E-state index contributed by atoms with van der Waals surface area (Å²) in [6.45, 7) is 1.58. The number of nitro groups is 1. The molecule has 9 nitrogen and oxygen atoms in total. The largest absolute Gasteiger partial charge is 0.467 e. The van der Waals surface area contributed by atoms with Crippen LogP contribution in [0.5, 0.6) is 0 Å². The molecular weight excluding hydrogens is 266 g/mol. The van der Waals surface area contributed by atoms with Gasteiger partial charge >= 0.3 is 5.97 Å². The molecule has 1 aromatic carbocycles. The van der Waals surface area contributed by atoms with Gasteiger partial charge in [0.05, 0.1) is 12.0 Å². The highest BCUT2D eigenvalue weighted by Gasteiger charge is 2.19. The molecule has 9 heteroatoms. The lowest BCUT2D eigenvalue weighted by Gasteiger charge is -2.05. The average molecular weight is 277 g/mol. The molecule has 0 spiro atoms. The second kappa shape index (κ2) is 5.43. The van der Waals surface area contributed by atoms with Crippen molar-refractivity contribution in [1.29, 1.82) is 0 Å². The van der Waals surface area contributed by atoms with E-state index in [1.807, 2.05) is 0 Å². The Bertz CT molecular complexity index is 637. The molecule has 0 saturated carbocycles. The average Bonchev–Trinajstić information content (AvgIpc) is 2.95. The van der Waals surface area contributed by atoms with Crippen molar-refractivity contribution in [3.63, 3.8) is 0 Å². The van der Waals surface area contributed by atoms with Gasteiger partial charge in [-0.2, -0.15) is 0 Å². The van der Waals surface area contributed by atoms with E-state index in [-0.39, 0.29) is 11.5 Å². The van der Waals surface area contributed by atoms with Crippen molar-refractivity contribution in [2.24, 2.45) is 0 Å². The first kappa shape index (κ1) is 13.6. The summed E-state index contributed by atoms with van der Waals surface area (Å²) in [5.41, 5.74) is 0.544. The molecule has 0 aliphatic heterocycles. The van der Waals surface area contributed by atoms with Crippen LogP contribution in [-0.4, -0.2) is 38.2 Å². The van der Waals surface area contributed by atoms with E-state index in [0.29, 0.717) is 5.56 Å². The molecule has 0 amide bonds. The number of carbonyl (C=O) groups is 1. The molecule has 0 fully saturated rings. The molecule has 1 aromatic heterocycles. The van der Waals surface area contributed by atoms with Gasteiger partial charge in [-0.05, 0) is 24.3 Å². The van der Waals surface area contributed by atoms with E-state index in [2.05, 4.69) is 20.1 Å². The van der Waals surface area contributed by atoms with Gasteiger partial charge in [-0.1, -0.05) is 0 Å². The predicted octanol–water partition coefficient (Wildman–Crippen LogP) is 0.982. The Morgan fingerprint density at radius 2 is 2.05 bits per heavy atom. The fraction of sp³-hybridized carbons (Fsp3) is 0.273. The van der Waals surface area contributed by atoms with Gasteiger partial charge < -0.3 is 4.74 Å². The van der Waals surface area contributed by atoms with Gasteiger partial charge in [0.15, 0.2) is 6.04 Å². The number of nitrogens with zero attached hydrogens (tertiary/aromatic N) is 5. The first-order valence-corrected chi connectivity index (χ1v) is 5.65. The molecule has 0 N–H and O–H groups in total. The summed E-state index contributed by atoms with van der Waals surface area (Å²) < 4.78 is 4.58. The second-order valence-corrected chi connectivity index (χ2v) is 3.94. The van der Waals surface area contributed by atoms with Crippen LogP contribution in [0.25, 0.3) is 11.4 Å². The molecule has 2 aromatic rings. The summed E-state index contributed by atoms with van der Waals surface area (Å²) in [6.07, 6.45) is 0.